The van der Waals surface area contributed by atoms with Crippen LogP contribution in [-0.2, 0) is 9.59 Å². The molecule has 6 nitrogen and oxygen atoms in total. The van der Waals surface area contributed by atoms with Crippen molar-refractivity contribution in [2.24, 2.45) is 0 Å². The number of carbonyl (C=O) groups excluding carboxylic acids is 2. The molecule has 0 radical (unpaired) electrons. The highest BCUT2D eigenvalue weighted by atomic mass is 16.5. The number of amides is 1. The maximum atomic E-state index is 11.7. The van der Waals surface area contributed by atoms with Gasteiger partial charge in [0.25, 0.3) is 5.91 Å². The van der Waals surface area contributed by atoms with E-state index >= 15 is 0 Å². The first-order chi connectivity index (χ1) is 10.1. The molecular weight excluding hydrogens is 272 g/mol. The van der Waals surface area contributed by atoms with Crippen molar-refractivity contribution < 1.29 is 19.4 Å². The van der Waals surface area contributed by atoms with Gasteiger partial charge in [-0.25, -0.2) is 0 Å². The van der Waals surface area contributed by atoms with E-state index in [-0.39, 0.29) is 17.9 Å². The van der Waals surface area contributed by atoms with E-state index in [0.29, 0.717) is 5.56 Å². The quantitative estimate of drug-likeness (QED) is 0.432. The zero-order chi connectivity index (χ0) is 15.7. The number of carboxylic acid groups (broad SMARTS) is 1. The molecule has 1 rings (SSSR count). The van der Waals surface area contributed by atoms with E-state index in [1.807, 2.05) is 0 Å². The van der Waals surface area contributed by atoms with Gasteiger partial charge in [0.2, 0.25) is 0 Å². The molecule has 0 heterocycles. The molecule has 1 aromatic rings. The number of benzene rings is 1. The van der Waals surface area contributed by atoms with Crippen LogP contribution in [0.1, 0.15) is 5.56 Å². The summed E-state index contributed by atoms with van der Waals surface area (Å²) in [5, 5.41) is 21.9. The predicted molar refractivity (Wildman–Crippen MR) is 73.7 cm³/mol. The Kier molecular flexibility index (Phi) is 6.22. The number of nitrogens with one attached hydrogen (secondary N) is 1. The number of hydrogen-bond acceptors (Lipinski definition) is 5. The zero-order valence-electron chi connectivity index (χ0n) is 11.2. The lowest BCUT2D eigenvalue weighted by Gasteiger charge is -2.09. The van der Waals surface area contributed by atoms with E-state index in [9.17, 15) is 14.7 Å². The average Bonchev–Trinajstić information content (AvgIpc) is 2.48. The molecule has 0 atom stereocenters. The molecular formula is C15H13N2O4-. The summed E-state index contributed by atoms with van der Waals surface area (Å²) in [5.74, 6) is -1.67. The van der Waals surface area contributed by atoms with Gasteiger partial charge in [-0.3, -0.25) is 4.79 Å². The van der Waals surface area contributed by atoms with Gasteiger partial charge >= 0.3 is 0 Å². The van der Waals surface area contributed by atoms with Crippen LogP contribution < -0.4 is 15.2 Å². The Balaban J connectivity index is 3.00. The molecule has 0 aliphatic rings. The second-order valence-electron chi connectivity index (χ2n) is 3.87. The van der Waals surface area contributed by atoms with E-state index in [1.165, 1.54) is 18.2 Å². The standard InChI is InChI=1S/C15H14N2O4/c1-2-7-17-15(20)12(9-16)8-11-5-3-4-6-13(11)21-10-14(18)19/h2-6,8H,1,7,10H2,(H,17,20)(H,18,19)/p-1/b12-8+. The van der Waals surface area contributed by atoms with E-state index < -0.39 is 18.5 Å². The Bertz CT molecular complexity index is 614. The van der Waals surface area contributed by atoms with Gasteiger partial charge in [-0.05, 0) is 12.1 Å². The van der Waals surface area contributed by atoms with Crippen LogP contribution in [0.25, 0.3) is 6.08 Å². The number of ether oxygens (including phenoxy) is 1. The van der Waals surface area contributed by atoms with Crippen LogP contribution in [0.4, 0.5) is 0 Å². The highest BCUT2D eigenvalue weighted by Gasteiger charge is 2.09. The first-order valence-corrected chi connectivity index (χ1v) is 6.01. The molecule has 0 saturated carbocycles. The minimum atomic E-state index is -1.36. The van der Waals surface area contributed by atoms with Gasteiger partial charge in [-0.1, -0.05) is 24.3 Å². The van der Waals surface area contributed by atoms with Gasteiger partial charge in [-0.15, -0.1) is 6.58 Å². The highest BCUT2D eigenvalue weighted by Crippen LogP contribution is 2.20. The van der Waals surface area contributed by atoms with Gasteiger partial charge < -0.3 is 20.0 Å². The summed E-state index contributed by atoms with van der Waals surface area (Å²) in [5.41, 5.74) is 0.297. The molecule has 0 aromatic heterocycles. The fourth-order valence-corrected chi connectivity index (χ4v) is 1.43. The molecule has 0 fully saturated rings. The van der Waals surface area contributed by atoms with E-state index in [2.05, 4.69) is 11.9 Å². The Morgan fingerprint density at radius 3 is 2.76 bits per heavy atom. The second-order valence-corrected chi connectivity index (χ2v) is 3.87. The number of rotatable bonds is 7. The molecule has 1 N–H and O–H groups in total. The van der Waals surface area contributed by atoms with Crippen LogP contribution in [0, 0.1) is 11.3 Å². The van der Waals surface area contributed by atoms with Crippen molar-refractivity contribution in [3.05, 3.63) is 48.1 Å². The van der Waals surface area contributed by atoms with Crippen molar-refractivity contribution >= 4 is 18.0 Å². The van der Waals surface area contributed by atoms with E-state index in [1.54, 1.807) is 24.3 Å². The molecule has 0 bridgehead atoms. The van der Waals surface area contributed by atoms with E-state index in [0.717, 1.165) is 0 Å². The monoisotopic (exact) mass is 285 g/mol. The van der Waals surface area contributed by atoms with Crippen molar-refractivity contribution in [1.82, 2.24) is 5.32 Å². The molecule has 0 spiro atoms. The minimum Gasteiger partial charge on any atom is -0.546 e. The SMILES string of the molecule is C=CCNC(=O)/C(C#N)=C/c1ccccc1OCC(=O)[O-]. The lowest BCUT2D eigenvalue weighted by molar-refractivity contribution is -0.307. The molecule has 0 unspecified atom stereocenters. The third kappa shape index (κ3) is 5.20. The van der Waals surface area contributed by atoms with Crippen LogP contribution in [-0.4, -0.2) is 25.0 Å². The minimum absolute atomic E-state index is 0.124. The molecule has 1 aromatic carbocycles. The summed E-state index contributed by atoms with van der Waals surface area (Å²) in [6.45, 7) is 3.08. The van der Waals surface area contributed by atoms with Crippen LogP contribution in [0.5, 0.6) is 5.75 Å². The highest BCUT2D eigenvalue weighted by molar-refractivity contribution is 6.02. The van der Waals surface area contributed by atoms with Gasteiger partial charge in [0, 0.05) is 12.1 Å². The van der Waals surface area contributed by atoms with Crippen molar-refractivity contribution in [2.75, 3.05) is 13.2 Å². The number of aliphatic carboxylic acids is 1. The third-order valence-corrected chi connectivity index (χ3v) is 2.34. The summed E-state index contributed by atoms with van der Waals surface area (Å²) in [7, 11) is 0. The summed E-state index contributed by atoms with van der Waals surface area (Å²) in [4.78, 5) is 22.1. The number of para-hydroxylation sites is 1. The lowest BCUT2D eigenvalue weighted by atomic mass is 10.1. The topological polar surface area (TPSA) is 102 Å². The van der Waals surface area contributed by atoms with Gasteiger partial charge in [-0.2, -0.15) is 5.26 Å². The summed E-state index contributed by atoms with van der Waals surface area (Å²) in [6, 6.07) is 8.23. The first-order valence-electron chi connectivity index (χ1n) is 6.01. The van der Waals surface area contributed by atoms with Crippen molar-refractivity contribution in [1.29, 1.82) is 5.26 Å². The molecule has 0 saturated heterocycles. The second kappa shape index (κ2) is 8.17. The number of nitriles is 1. The van der Waals surface area contributed by atoms with Crippen LogP contribution >= 0.6 is 0 Å². The maximum Gasteiger partial charge on any atom is 0.262 e. The van der Waals surface area contributed by atoms with Crippen LogP contribution in [0.3, 0.4) is 0 Å². The number of nitrogens with zero attached hydrogens (tertiary/aromatic N) is 1. The molecule has 0 aliphatic carbocycles. The maximum absolute atomic E-state index is 11.7. The van der Waals surface area contributed by atoms with Crippen molar-refractivity contribution in [3.63, 3.8) is 0 Å². The van der Waals surface area contributed by atoms with Gasteiger partial charge in [0.1, 0.15) is 24.0 Å². The summed E-state index contributed by atoms with van der Waals surface area (Å²) < 4.78 is 5.04. The number of hydrogen-bond donors (Lipinski definition) is 1. The number of carbonyl (C=O) groups is 2. The predicted octanol–water partition coefficient (Wildman–Crippen LogP) is 0.0245. The normalized spacial score (nSPS) is 10.3. The molecule has 21 heavy (non-hydrogen) atoms. The number of carboxylic acids is 1. The zero-order valence-corrected chi connectivity index (χ0v) is 11.2. The molecule has 108 valence electrons. The smallest absolute Gasteiger partial charge is 0.262 e. The summed E-state index contributed by atoms with van der Waals surface area (Å²) >= 11 is 0. The van der Waals surface area contributed by atoms with Gasteiger partial charge in [0.05, 0.1) is 5.97 Å². The largest absolute Gasteiger partial charge is 0.546 e. The van der Waals surface area contributed by atoms with Crippen molar-refractivity contribution in [2.45, 2.75) is 0 Å². The van der Waals surface area contributed by atoms with Crippen molar-refractivity contribution in [3.8, 4) is 11.8 Å². The third-order valence-electron chi connectivity index (χ3n) is 2.34. The fourth-order valence-electron chi connectivity index (χ4n) is 1.43. The average molecular weight is 285 g/mol. The van der Waals surface area contributed by atoms with Gasteiger partial charge in [0.15, 0.2) is 0 Å². The Labute approximate surface area is 122 Å². The van der Waals surface area contributed by atoms with E-state index in [4.69, 9.17) is 10.00 Å². The Morgan fingerprint density at radius 1 is 1.43 bits per heavy atom. The Hall–Kier alpha value is -3.07. The summed E-state index contributed by atoms with van der Waals surface area (Å²) in [6.07, 6.45) is 2.81. The lowest BCUT2D eigenvalue weighted by Crippen LogP contribution is -2.29. The molecule has 6 heteroatoms. The first kappa shape index (κ1) is 16.0. The Morgan fingerprint density at radius 2 is 2.14 bits per heavy atom. The van der Waals surface area contributed by atoms with Crippen LogP contribution in [0.15, 0.2) is 42.5 Å². The van der Waals surface area contributed by atoms with Crippen LogP contribution in [0.2, 0.25) is 0 Å². The molecule has 1 amide bonds. The fraction of sp³-hybridized carbons (Fsp3) is 0.133. The molecule has 0 aliphatic heterocycles.